The second-order valence-corrected chi connectivity index (χ2v) is 5.85. The minimum absolute atomic E-state index is 0.870. The fourth-order valence-corrected chi connectivity index (χ4v) is 3.19. The van der Waals surface area contributed by atoms with E-state index < -0.39 is 0 Å². The molecule has 0 aromatic carbocycles. The van der Waals surface area contributed by atoms with Crippen molar-refractivity contribution in [1.29, 1.82) is 0 Å². The molecule has 1 N–H and O–H groups in total. The molecule has 16 heavy (non-hydrogen) atoms. The Morgan fingerprint density at radius 3 is 2.50 bits per heavy atom. The monoisotopic (exact) mass is 225 g/mol. The zero-order valence-electron chi connectivity index (χ0n) is 10.7. The minimum Gasteiger partial charge on any atom is -0.381 e. The third-order valence-corrected chi connectivity index (χ3v) is 4.25. The molecule has 1 heterocycles. The van der Waals surface area contributed by atoms with E-state index in [-0.39, 0.29) is 0 Å². The number of hydrogen-bond acceptors (Lipinski definition) is 2. The average molecular weight is 225 g/mol. The molecule has 2 unspecified atom stereocenters. The van der Waals surface area contributed by atoms with Crippen molar-refractivity contribution in [3.8, 4) is 0 Å². The highest BCUT2D eigenvalue weighted by atomic mass is 16.5. The van der Waals surface area contributed by atoms with Crippen LogP contribution in [0.25, 0.3) is 0 Å². The second-order valence-electron chi connectivity index (χ2n) is 5.85. The van der Waals surface area contributed by atoms with E-state index in [9.17, 15) is 0 Å². The molecule has 2 fully saturated rings. The van der Waals surface area contributed by atoms with Gasteiger partial charge >= 0.3 is 0 Å². The largest absolute Gasteiger partial charge is 0.381 e. The molecule has 2 rings (SSSR count). The van der Waals surface area contributed by atoms with Gasteiger partial charge in [0.15, 0.2) is 0 Å². The van der Waals surface area contributed by atoms with Crippen molar-refractivity contribution in [2.24, 2.45) is 17.8 Å². The first-order valence-corrected chi connectivity index (χ1v) is 7.13. The number of ether oxygens (including phenoxy) is 1. The molecule has 1 aliphatic carbocycles. The van der Waals surface area contributed by atoms with Gasteiger partial charge in [-0.2, -0.15) is 0 Å². The van der Waals surface area contributed by atoms with Gasteiger partial charge in [-0.25, -0.2) is 0 Å². The van der Waals surface area contributed by atoms with Crippen LogP contribution in [-0.4, -0.2) is 26.3 Å². The summed E-state index contributed by atoms with van der Waals surface area (Å²) in [5.41, 5.74) is 0. The molecule has 0 bridgehead atoms. The summed E-state index contributed by atoms with van der Waals surface area (Å²) in [7, 11) is 0. The lowest BCUT2D eigenvalue weighted by atomic mass is 9.82. The van der Waals surface area contributed by atoms with Gasteiger partial charge in [0, 0.05) is 13.2 Å². The number of rotatable bonds is 4. The van der Waals surface area contributed by atoms with Crippen molar-refractivity contribution in [2.45, 2.75) is 45.4 Å². The minimum atomic E-state index is 0.870. The predicted octanol–water partition coefficient (Wildman–Crippen LogP) is 2.83. The number of nitrogens with one attached hydrogen (secondary N) is 1. The molecule has 0 aromatic rings. The summed E-state index contributed by atoms with van der Waals surface area (Å²) in [6.45, 7) is 6.83. The van der Waals surface area contributed by atoms with Gasteiger partial charge in [-0.3, -0.25) is 0 Å². The lowest BCUT2D eigenvalue weighted by Crippen LogP contribution is -2.32. The molecule has 2 heteroatoms. The molecule has 2 nitrogen and oxygen atoms in total. The molecule has 0 aromatic heterocycles. The molecule has 0 spiro atoms. The van der Waals surface area contributed by atoms with E-state index in [4.69, 9.17) is 4.74 Å². The molecule has 2 aliphatic rings. The van der Waals surface area contributed by atoms with Crippen LogP contribution < -0.4 is 5.32 Å². The van der Waals surface area contributed by atoms with E-state index in [1.165, 1.54) is 51.6 Å². The van der Waals surface area contributed by atoms with Crippen molar-refractivity contribution in [2.75, 3.05) is 26.3 Å². The maximum atomic E-state index is 5.38. The molecule has 94 valence electrons. The van der Waals surface area contributed by atoms with Gasteiger partial charge in [-0.05, 0) is 56.5 Å². The Kier molecular flexibility index (Phi) is 5.11. The molecule has 0 radical (unpaired) electrons. The van der Waals surface area contributed by atoms with E-state index in [0.717, 1.165) is 31.0 Å². The Morgan fingerprint density at radius 1 is 1.00 bits per heavy atom. The highest BCUT2D eigenvalue weighted by Gasteiger charge is 2.19. The van der Waals surface area contributed by atoms with Crippen molar-refractivity contribution >= 4 is 0 Å². The molecule has 1 saturated carbocycles. The van der Waals surface area contributed by atoms with Crippen molar-refractivity contribution in [3.63, 3.8) is 0 Å². The van der Waals surface area contributed by atoms with Crippen LogP contribution in [0.15, 0.2) is 0 Å². The van der Waals surface area contributed by atoms with E-state index in [2.05, 4.69) is 12.2 Å². The van der Waals surface area contributed by atoms with Crippen LogP contribution in [-0.2, 0) is 4.74 Å². The summed E-state index contributed by atoms with van der Waals surface area (Å²) < 4.78 is 5.38. The van der Waals surface area contributed by atoms with Crippen molar-refractivity contribution < 1.29 is 4.74 Å². The van der Waals surface area contributed by atoms with Gasteiger partial charge in [0.1, 0.15) is 0 Å². The van der Waals surface area contributed by atoms with E-state index in [1.54, 1.807) is 0 Å². The van der Waals surface area contributed by atoms with Gasteiger partial charge in [0.05, 0.1) is 0 Å². The van der Waals surface area contributed by atoms with Crippen LogP contribution in [0.2, 0.25) is 0 Å². The van der Waals surface area contributed by atoms with Gasteiger partial charge in [0.2, 0.25) is 0 Å². The van der Waals surface area contributed by atoms with Gasteiger partial charge in [-0.1, -0.05) is 19.8 Å². The maximum Gasteiger partial charge on any atom is 0.0469 e. The van der Waals surface area contributed by atoms with Crippen LogP contribution in [0.3, 0.4) is 0 Å². The Balaban J connectivity index is 1.56. The zero-order valence-corrected chi connectivity index (χ0v) is 10.7. The topological polar surface area (TPSA) is 21.3 Å². The summed E-state index contributed by atoms with van der Waals surface area (Å²) in [5.74, 6) is 2.78. The van der Waals surface area contributed by atoms with Crippen LogP contribution in [0, 0.1) is 17.8 Å². The average Bonchev–Trinajstić information content (AvgIpc) is 2.30. The van der Waals surface area contributed by atoms with Crippen molar-refractivity contribution in [3.05, 3.63) is 0 Å². The summed E-state index contributed by atoms with van der Waals surface area (Å²) in [6.07, 6.45) is 8.31. The van der Waals surface area contributed by atoms with Crippen LogP contribution >= 0.6 is 0 Å². The van der Waals surface area contributed by atoms with Gasteiger partial charge in [0.25, 0.3) is 0 Å². The van der Waals surface area contributed by atoms with Crippen LogP contribution in [0.5, 0.6) is 0 Å². The lowest BCUT2D eigenvalue weighted by Gasteiger charge is -2.28. The summed E-state index contributed by atoms with van der Waals surface area (Å²) in [4.78, 5) is 0. The standard InChI is InChI=1S/C14H27NO/c1-12-3-2-4-14(9-12)11-15-10-13-5-7-16-8-6-13/h12-15H,2-11H2,1H3. The second kappa shape index (κ2) is 6.61. The molecule has 1 saturated heterocycles. The maximum absolute atomic E-state index is 5.38. The summed E-state index contributed by atoms with van der Waals surface area (Å²) >= 11 is 0. The fourth-order valence-electron chi connectivity index (χ4n) is 3.19. The Hall–Kier alpha value is -0.0800. The molecule has 0 amide bonds. The molecule has 2 atom stereocenters. The Bertz CT molecular complexity index is 189. The quantitative estimate of drug-likeness (QED) is 0.794. The first kappa shape index (κ1) is 12.4. The zero-order chi connectivity index (χ0) is 11.2. The molecular weight excluding hydrogens is 198 g/mol. The molecular formula is C14H27NO. The SMILES string of the molecule is CC1CCCC(CNCC2CCOCC2)C1. The summed E-state index contributed by atoms with van der Waals surface area (Å²) in [6, 6.07) is 0. The Labute approximate surface area is 100 Å². The van der Waals surface area contributed by atoms with Crippen LogP contribution in [0.4, 0.5) is 0 Å². The third kappa shape index (κ3) is 4.06. The van der Waals surface area contributed by atoms with E-state index in [1.807, 2.05) is 0 Å². The summed E-state index contributed by atoms with van der Waals surface area (Å²) in [5, 5.41) is 3.69. The first-order chi connectivity index (χ1) is 7.84. The number of hydrogen-bond donors (Lipinski definition) is 1. The van der Waals surface area contributed by atoms with Gasteiger partial charge < -0.3 is 10.1 Å². The van der Waals surface area contributed by atoms with Crippen molar-refractivity contribution in [1.82, 2.24) is 5.32 Å². The van der Waals surface area contributed by atoms with E-state index >= 15 is 0 Å². The third-order valence-electron chi connectivity index (χ3n) is 4.25. The lowest BCUT2D eigenvalue weighted by molar-refractivity contribution is 0.0658. The molecule has 1 aliphatic heterocycles. The van der Waals surface area contributed by atoms with Crippen LogP contribution in [0.1, 0.15) is 45.4 Å². The van der Waals surface area contributed by atoms with Gasteiger partial charge in [-0.15, -0.1) is 0 Å². The fraction of sp³-hybridized carbons (Fsp3) is 1.00. The highest BCUT2D eigenvalue weighted by molar-refractivity contribution is 4.73. The normalized spacial score (nSPS) is 32.8. The first-order valence-electron chi connectivity index (χ1n) is 7.13. The highest BCUT2D eigenvalue weighted by Crippen LogP contribution is 2.28. The van der Waals surface area contributed by atoms with E-state index in [0.29, 0.717) is 0 Å². The smallest absolute Gasteiger partial charge is 0.0469 e. The Morgan fingerprint density at radius 2 is 1.75 bits per heavy atom. The predicted molar refractivity (Wildman–Crippen MR) is 67.5 cm³/mol.